The Morgan fingerprint density at radius 2 is 1.48 bits per heavy atom. The molecule has 21 heavy (non-hydrogen) atoms. The minimum atomic E-state index is -0.0403. The van der Waals surface area contributed by atoms with Crippen molar-refractivity contribution in [3.05, 3.63) is 22.2 Å². The van der Waals surface area contributed by atoms with Gasteiger partial charge in [-0.15, -0.1) is 0 Å². The van der Waals surface area contributed by atoms with Gasteiger partial charge in [-0.25, -0.2) is 9.97 Å². The summed E-state index contributed by atoms with van der Waals surface area (Å²) in [4.78, 5) is 21.0. The quantitative estimate of drug-likeness (QED) is 0.799. The molecule has 0 aromatic carbocycles. The highest BCUT2D eigenvalue weighted by atomic mass is 35.5. The molecule has 0 N–H and O–H groups in total. The lowest BCUT2D eigenvalue weighted by atomic mass is 10.2. The molecule has 112 valence electrons. The normalized spacial score (nSPS) is 11.0. The minimum absolute atomic E-state index is 0.0403. The lowest BCUT2D eigenvalue weighted by molar-refractivity contribution is 0.219. The number of aromatic nitrogens is 5. The maximum atomic E-state index is 5.89. The van der Waals surface area contributed by atoms with Gasteiger partial charge in [0.25, 0.3) is 0 Å². The smallest absolute Gasteiger partial charge is 0.322 e. The van der Waals surface area contributed by atoms with Crippen molar-refractivity contribution in [3.8, 4) is 6.01 Å². The monoisotopic (exact) mass is 325 g/mol. The highest BCUT2D eigenvalue weighted by Crippen LogP contribution is 2.25. The lowest BCUT2D eigenvalue weighted by Gasteiger charge is -2.09. The van der Waals surface area contributed by atoms with E-state index >= 15 is 0 Å². The van der Waals surface area contributed by atoms with Gasteiger partial charge in [-0.3, -0.25) is 0 Å². The van der Waals surface area contributed by atoms with E-state index in [-0.39, 0.29) is 17.4 Å². The minimum Gasteiger partial charge on any atom is -0.461 e. The summed E-state index contributed by atoms with van der Waals surface area (Å²) in [6.45, 7) is 9.66. The number of hydrogen-bond donors (Lipinski definition) is 0. The van der Waals surface area contributed by atoms with Crippen LogP contribution in [0.3, 0.4) is 0 Å². The summed E-state index contributed by atoms with van der Waals surface area (Å²) in [6.07, 6.45) is -0.0403. The Kier molecular flexibility index (Phi) is 4.95. The van der Waals surface area contributed by atoms with E-state index < -0.39 is 0 Å². The molecule has 0 saturated carbocycles. The van der Waals surface area contributed by atoms with Crippen LogP contribution in [0.25, 0.3) is 0 Å². The lowest BCUT2D eigenvalue weighted by Crippen LogP contribution is -2.09. The average molecular weight is 326 g/mol. The molecule has 0 aliphatic heterocycles. The fourth-order valence-corrected chi connectivity index (χ4v) is 2.48. The van der Waals surface area contributed by atoms with Crippen LogP contribution in [-0.4, -0.2) is 31.0 Å². The largest absolute Gasteiger partial charge is 0.461 e. The molecule has 0 aliphatic carbocycles. The number of hydrogen-bond acceptors (Lipinski definition) is 7. The summed E-state index contributed by atoms with van der Waals surface area (Å²) in [5, 5.41) is 1.07. The van der Waals surface area contributed by atoms with Gasteiger partial charge in [0.2, 0.25) is 10.4 Å². The molecule has 0 unspecified atom stereocenters. The summed E-state index contributed by atoms with van der Waals surface area (Å²) in [5.41, 5.74) is 2.95. The second-order valence-corrected chi connectivity index (χ2v) is 6.01. The Morgan fingerprint density at radius 3 is 2.05 bits per heavy atom. The molecule has 0 radical (unpaired) electrons. The van der Waals surface area contributed by atoms with Crippen molar-refractivity contribution in [2.75, 3.05) is 0 Å². The number of nitrogens with zero attached hydrogens (tertiary/aromatic N) is 5. The number of aryl methyl sites for hydroxylation is 2. The molecule has 0 amide bonds. The highest BCUT2D eigenvalue weighted by molar-refractivity contribution is 7.99. The molecule has 0 bridgehead atoms. The maximum absolute atomic E-state index is 5.89. The number of halogens is 1. The molecular weight excluding hydrogens is 310 g/mol. The maximum Gasteiger partial charge on any atom is 0.322 e. The van der Waals surface area contributed by atoms with Gasteiger partial charge < -0.3 is 4.74 Å². The van der Waals surface area contributed by atoms with Gasteiger partial charge in [0.15, 0.2) is 5.16 Å². The van der Waals surface area contributed by atoms with E-state index in [9.17, 15) is 0 Å². The Labute approximate surface area is 132 Å². The van der Waals surface area contributed by atoms with Crippen LogP contribution in [0.15, 0.2) is 10.3 Å². The van der Waals surface area contributed by atoms with Crippen molar-refractivity contribution >= 4 is 23.4 Å². The fourth-order valence-electron chi connectivity index (χ4n) is 1.49. The van der Waals surface area contributed by atoms with Gasteiger partial charge in [0.1, 0.15) is 0 Å². The Bertz CT molecular complexity index is 642. The summed E-state index contributed by atoms with van der Waals surface area (Å²) >= 11 is 7.12. The van der Waals surface area contributed by atoms with E-state index in [1.807, 2.05) is 34.6 Å². The SMILES string of the molecule is Cc1nc(Sc2nc(Cl)nc(OC(C)C)n2)nc(C)c1C. The van der Waals surface area contributed by atoms with E-state index in [4.69, 9.17) is 16.3 Å². The third-order valence-corrected chi connectivity index (χ3v) is 3.60. The number of ether oxygens (including phenoxy) is 1. The highest BCUT2D eigenvalue weighted by Gasteiger charge is 2.12. The zero-order chi connectivity index (χ0) is 15.6. The van der Waals surface area contributed by atoms with Crippen molar-refractivity contribution in [2.45, 2.75) is 51.0 Å². The van der Waals surface area contributed by atoms with Crippen LogP contribution in [0.5, 0.6) is 6.01 Å². The summed E-state index contributed by atoms with van der Waals surface area (Å²) in [5.74, 6) is 0. The van der Waals surface area contributed by atoms with Crippen LogP contribution >= 0.6 is 23.4 Å². The molecule has 6 nitrogen and oxygen atoms in total. The first-order valence-corrected chi connectivity index (χ1v) is 7.62. The summed E-state index contributed by atoms with van der Waals surface area (Å²) in [7, 11) is 0. The third-order valence-electron chi connectivity index (χ3n) is 2.70. The van der Waals surface area contributed by atoms with Gasteiger partial charge in [0, 0.05) is 11.4 Å². The van der Waals surface area contributed by atoms with E-state index in [0.29, 0.717) is 10.3 Å². The molecule has 8 heteroatoms. The Hall–Kier alpha value is -1.47. The number of rotatable bonds is 4. The fraction of sp³-hybridized carbons (Fsp3) is 0.462. The van der Waals surface area contributed by atoms with E-state index in [2.05, 4.69) is 24.9 Å². The first-order valence-electron chi connectivity index (χ1n) is 6.43. The molecule has 2 aromatic heterocycles. The van der Waals surface area contributed by atoms with Crippen molar-refractivity contribution in [1.29, 1.82) is 0 Å². The van der Waals surface area contributed by atoms with Gasteiger partial charge in [0.05, 0.1) is 6.10 Å². The molecule has 0 fully saturated rings. The van der Waals surface area contributed by atoms with Crippen LogP contribution in [-0.2, 0) is 0 Å². The average Bonchev–Trinajstić information content (AvgIpc) is 2.34. The van der Waals surface area contributed by atoms with Crippen molar-refractivity contribution < 1.29 is 4.74 Å². The second-order valence-electron chi connectivity index (χ2n) is 4.74. The first-order chi connectivity index (χ1) is 9.85. The molecule has 2 aromatic rings. The van der Waals surface area contributed by atoms with Crippen LogP contribution < -0.4 is 4.74 Å². The second kappa shape index (κ2) is 6.53. The van der Waals surface area contributed by atoms with Crippen molar-refractivity contribution in [3.63, 3.8) is 0 Å². The topological polar surface area (TPSA) is 73.7 Å². The molecule has 2 heterocycles. The van der Waals surface area contributed by atoms with Crippen LogP contribution in [0.1, 0.15) is 30.8 Å². The summed E-state index contributed by atoms with van der Waals surface area (Å²) < 4.78 is 5.44. The Balaban J connectivity index is 2.29. The first kappa shape index (κ1) is 15.9. The molecule has 0 saturated heterocycles. The van der Waals surface area contributed by atoms with E-state index in [0.717, 1.165) is 17.0 Å². The van der Waals surface area contributed by atoms with Gasteiger partial charge >= 0.3 is 6.01 Å². The molecule has 0 aliphatic rings. The molecule has 2 rings (SSSR count). The van der Waals surface area contributed by atoms with Crippen LogP contribution in [0, 0.1) is 20.8 Å². The van der Waals surface area contributed by atoms with Gasteiger partial charge in [-0.2, -0.15) is 15.0 Å². The van der Waals surface area contributed by atoms with E-state index in [1.165, 1.54) is 11.8 Å². The van der Waals surface area contributed by atoms with Gasteiger partial charge in [-0.05, 0) is 63.5 Å². The van der Waals surface area contributed by atoms with Crippen molar-refractivity contribution in [1.82, 2.24) is 24.9 Å². The third kappa shape index (κ3) is 4.25. The van der Waals surface area contributed by atoms with Crippen LogP contribution in [0.4, 0.5) is 0 Å². The predicted octanol–water partition coefficient (Wildman–Crippen LogP) is 3.18. The van der Waals surface area contributed by atoms with E-state index in [1.54, 1.807) is 0 Å². The molecule has 0 spiro atoms. The Morgan fingerprint density at radius 1 is 0.905 bits per heavy atom. The molecular formula is C13H16ClN5OS. The van der Waals surface area contributed by atoms with Crippen LogP contribution in [0.2, 0.25) is 5.28 Å². The van der Waals surface area contributed by atoms with Crippen molar-refractivity contribution in [2.24, 2.45) is 0 Å². The molecule has 0 atom stereocenters. The zero-order valence-corrected chi connectivity index (χ0v) is 14.1. The predicted molar refractivity (Wildman–Crippen MR) is 81.0 cm³/mol. The zero-order valence-electron chi connectivity index (χ0n) is 12.5. The van der Waals surface area contributed by atoms with Gasteiger partial charge in [-0.1, -0.05) is 0 Å². The standard InChI is InChI=1S/C13H16ClN5OS/c1-6(2)20-11-17-10(14)18-13(19-11)21-12-15-8(4)7(3)9(5)16-12/h6H,1-5H3. The summed E-state index contributed by atoms with van der Waals surface area (Å²) in [6, 6.07) is 0.202.